The van der Waals surface area contributed by atoms with Gasteiger partial charge in [0.05, 0.1) is 0 Å². The fraction of sp³-hybridized carbons (Fsp3) is 0. The highest BCUT2D eigenvalue weighted by Crippen LogP contribution is 2.16. The van der Waals surface area contributed by atoms with Crippen LogP contribution in [-0.4, -0.2) is 15.9 Å². The van der Waals surface area contributed by atoms with Crippen molar-refractivity contribution in [3.63, 3.8) is 0 Å². The van der Waals surface area contributed by atoms with Crippen LogP contribution in [0.3, 0.4) is 0 Å². The van der Waals surface area contributed by atoms with Crippen LogP contribution in [0.5, 0.6) is 0 Å². The summed E-state index contributed by atoms with van der Waals surface area (Å²) in [4.78, 5) is 12.2. The molecule has 5 nitrogen and oxygen atoms in total. The summed E-state index contributed by atoms with van der Waals surface area (Å²) in [5.41, 5.74) is 11.5. The van der Waals surface area contributed by atoms with Crippen molar-refractivity contribution in [2.75, 3.05) is 0 Å². The molecular weight excluding hydrogens is 202 g/mol. The first kappa shape index (κ1) is 10.1. The van der Waals surface area contributed by atoms with E-state index in [-0.39, 0.29) is 5.96 Å². The van der Waals surface area contributed by atoms with E-state index >= 15 is 0 Å². The normalized spacial score (nSPS) is 9.75. The van der Waals surface area contributed by atoms with Gasteiger partial charge in [-0.05, 0) is 0 Å². The average molecular weight is 213 g/mol. The molecule has 0 atom stereocenters. The van der Waals surface area contributed by atoms with E-state index in [4.69, 9.17) is 11.5 Å². The number of aliphatic imine (C=N–C) groups is 1. The molecule has 0 bridgehead atoms. The minimum absolute atomic E-state index is 0.0160. The highest BCUT2D eigenvalue weighted by Gasteiger charge is 2.00. The molecule has 5 heteroatoms. The van der Waals surface area contributed by atoms with Crippen molar-refractivity contribution in [2.24, 2.45) is 16.5 Å². The molecule has 0 unspecified atom stereocenters. The fourth-order valence-electron chi connectivity index (χ4n) is 1.27. The Labute approximate surface area is 92.9 Å². The number of rotatable bonds is 2. The van der Waals surface area contributed by atoms with E-state index in [1.807, 2.05) is 30.3 Å². The van der Waals surface area contributed by atoms with Gasteiger partial charge < -0.3 is 11.5 Å². The van der Waals surface area contributed by atoms with Crippen molar-refractivity contribution < 1.29 is 0 Å². The predicted molar refractivity (Wildman–Crippen MR) is 62.9 cm³/mol. The van der Waals surface area contributed by atoms with Gasteiger partial charge in [-0.15, -0.1) is 0 Å². The third kappa shape index (κ3) is 2.33. The van der Waals surface area contributed by atoms with Gasteiger partial charge in [0.15, 0.2) is 17.6 Å². The Balaban J connectivity index is 2.41. The summed E-state index contributed by atoms with van der Waals surface area (Å²) in [5.74, 6) is 1.04. The lowest BCUT2D eigenvalue weighted by Crippen LogP contribution is -2.22. The minimum Gasteiger partial charge on any atom is -0.370 e. The van der Waals surface area contributed by atoms with E-state index in [9.17, 15) is 0 Å². The van der Waals surface area contributed by atoms with Crippen molar-refractivity contribution in [1.29, 1.82) is 0 Å². The molecule has 80 valence electrons. The molecule has 4 N–H and O–H groups in total. The summed E-state index contributed by atoms with van der Waals surface area (Å²) in [6.07, 6.45) is 1.62. The Bertz CT molecular complexity index is 503. The summed E-state index contributed by atoms with van der Waals surface area (Å²) in [7, 11) is 0. The molecule has 2 rings (SSSR count). The quantitative estimate of drug-likeness (QED) is 0.576. The van der Waals surface area contributed by atoms with Crippen LogP contribution in [0.2, 0.25) is 0 Å². The van der Waals surface area contributed by atoms with E-state index in [1.165, 1.54) is 0 Å². The maximum absolute atomic E-state index is 5.28. The Morgan fingerprint density at radius 1 is 1.06 bits per heavy atom. The van der Waals surface area contributed by atoms with Crippen LogP contribution in [-0.2, 0) is 0 Å². The maximum Gasteiger partial charge on any atom is 0.192 e. The van der Waals surface area contributed by atoms with E-state index < -0.39 is 0 Å². The molecule has 0 aliphatic carbocycles. The van der Waals surface area contributed by atoms with Gasteiger partial charge in [-0.2, -0.15) is 4.99 Å². The number of benzene rings is 1. The molecule has 1 aromatic heterocycles. The van der Waals surface area contributed by atoms with Crippen LogP contribution < -0.4 is 11.5 Å². The second kappa shape index (κ2) is 4.39. The molecule has 0 saturated heterocycles. The zero-order valence-corrected chi connectivity index (χ0v) is 8.54. The van der Waals surface area contributed by atoms with Crippen LogP contribution in [0.15, 0.2) is 47.6 Å². The molecule has 0 spiro atoms. The molecule has 0 radical (unpaired) electrons. The number of hydrogen-bond donors (Lipinski definition) is 2. The van der Waals surface area contributed by atoms with Crippen LogP contribution in [0.25, 0.3) is 11.4 Å². The standard InChI is InChI=1S/C11H11N5/c12-11(13)16-9-6-7-14-10(15-9)8-4-2-1-3-5-8/h1-7H,(H4,12,13,14,15,16). The second-order valence-electron chi connectivity index (χ2n) is 3.14. The average Bonchev–Trinajstić information content (AvgIpc) is 2.30. The van der Waals surface area contributed by atoms with Gasteiger partial charge in [0.25, 0.3) is 0 Å². The third-order valence-corrected chi connectivity index (χ3v) is 1.92. The van der Waals surface area contributed by atoms with Crippen LogP contribution in [0, 0.1) is 0 Å². The number of guanidine groups is 1. The Hall–Kier alpha value is -2.43. The lowest BCUT2D eigenvalue weighted by molar-refractivity contribution is 1.15. The zero-order valence-electron chi connectivity index (χ0n) is 8.54. The maximum atomic E-state index is 5.28. The predicted octanol–water partition coefficient (Wildman–Crippen LogP) is 1.05. The SMILES string of the molecule is NC(N)=Nc1ccnc(-c2ccccc2)n1. The number of nitrogens with zero attached hydrogens (tertiary/aromatic N) is 3. The fourth-order valence-corrected chi connectivity index (χ4v) is 1.27. The first-order valence-electron chi connectivity index (χ1n) is 4.74. The van der Waals surface area contributed by atoms with E-state index in [2.05, 4.69) is 15.0 Å². The molecule has 1 aromatic carbocycles. The molecule has 0 aliphatic rings. The van der Waals surface area contributed by atoms with Crippen molar-refractivity contribution >= 4 is 11.8 Å². The largest absolute Gasteiger partial charge is 0.370 e. The topological polar surface area (TPSA) is 90.2 Å². The lowest BCUT2D eigenvalue weighted by atomic mass is 10.2. The summed E-state index contributed by atoms with van der Waals surface area (Å²) in [5, 5.41) is 0. The van der Waals surface area contributed by atoms with Crippen molar-refractivity contribution in [3.8, 4) is 11.4 Å². The molecule has 2 aromatic rings. The lowest BCUT2D eigenvalue weighted by Gasteiger charge is -2.00. The van der Waals surface area contributed by atoms with Crippen molar-refractivity contribution in [1.82, 2.24) is 9.97 Å². The summed E-state index contributed by atoms with van der Waals surface area (Å²) < 4.78 is 0. The Kier molecular flexibility index (Phi) is 2.77. The van der Waals surface area contributed by atoms with E-state index in [1.54, 1.807) is 12.3 Å². The second-order valence-corrected chi connectivity index (χ2v) is 3.14. The zero-order chi connectivity index (χ0) is 11.4. The molecule has 0 aliphatic heterocycles. The molecule has 0 fully saturated rings. The van der Waals surface area contributed by atoms with Gasteiger partial charge in [-0.25, -0.2) is 9.97 Å². The van der Waals surface area contributed by atoms with Gasteiger partial charge >= 0.3 is 0 Å². The van der Waals surface area contributed by atoms with Gasteiger partial charge in [0, 0.05) is 17.8 Å². The smallest absolute Gasteiger partial charge is 0.192 e. The summed E-state index contributed by atoms with van der Waals surface area (Å²) in [6.45, 7) is 0. The molecule has 1 heterocycles. The highest BCUT2D eigenvalue weighted by atomic mass is 15.0. The first-order chi connectivity index (χ1) is 7.75. The van der Waals surface area contributed by atoms with Gasteiger partial charge in [-0.3, -0.25) is 0 Å². The van der Waals surface area contributed by atoms with E-state index in [0.29, 0.717) is 11.6 Å². The van der Waals surface area contributed by atoms with Crippen LogP contribution in [0.1, 0.15) is 0 Å². The van der Waals surface area contributed by atoms with Crippen LogP contribution in [0.4, 0.5) is 5.82 Å². The number of aromatic nitrogens is 2. The summed E-state index contributed by atoms with van der Waals surface area (Å²) in [6, 6.07) is 11.3. The van der Waals surface area contributed by atoms with Crippen LogP contribution >= 0.6 is 0 Å². The van der Waals surface area contributed by atoms with Gasteiger partial charge in [0.1, 0.15) is 0 Å². The Morgan fingerprint density at radius 3 is 2.50 bits per heavy atom. The van der Waals surface area contributed by atoms with Gasteiger partial charge in [0.2, 0.25) is 0 Å². The number of nitrogens with two attached hydrogens (primary N) is 2. The monoisotopic (exact) mass is 213 g/mol. The first-order valence-corrected chi connectivity index (χ1v) is 4.74. The van der Waals surface area contributed by atoms with Crippen molar-refractivity contribution in [2.45, 2.75) is 0 Å². The van der Waals surface area contributed by atoms with Gasteiger partial charge in [-0.1, -0.05) is 30.3 Å². The highest BCUT2D eigenvalue weighted by molar-refractivity contribution is 5.78. The minimum atomic E-state index is -0.0160. The molecule has 16 heavy (non-hydrogen) atoms. The summed E-state index contributed by atoms with van der Waals surface area (Å²) >= 11 is 0. The molecule has 0 saturated carbocycles. The Morgan fingerprint density at radius 2 is 1.81 bits per heavy atom. The third-order valence-electron chi connectivity index (χ3n) is 1.92. The van der Waals surface area contributed by atoms with E-state index in [0.717, 1.165) is 5.56 Å². The van der Waals surface area contributed by atoms with Crippen molar-refractivity contribution in [3.05, 3.63) is 42.6 Å². The molecule has 0 amide bonds. The number of hydrogen-bond acceptors (Lipinski definition) is 3. The molecular formula is C11H11N5.